The molecule has 0 amide bonds. The van der Waals surface area contributed by atoms with E-state index in [0.29, 0.717) is 11.3 Å². The summed E-state index contributed by atoms with van der Waals surface area (Å²) in [6, 6.07) is 8.44. The fourth-order valence-corrected chi connectivity index (χ4v) is 2.34. The molecule has 1 N–H and O–H groups in total. The van der Waals surface area contributed by atoms with Crippen molar-refractivity contribution < 1.29 is 4.74 Å². The van der Waals surface area contributed by atoms with Crippen LogP contribution in [0.3, 0.4) is 0 Å². The molecule has 2 nitrogen and oxygen atoms in total. The summed E-state index contributed by atoms with van der Waals surface area (Å²) in [4.78, 5) is 0. The first kappa shape index (κ1) is 13.4. The van der Waals surface area contributed by atoms with Crippen LogP contribution in [-0.4, -0.2) is 19.7 Å². The van der Waals surface area contributed by atoms with E-state index in [9.17, 15) is 0 Å². The molecular formula is C16H25NO. The molecule has 0 bridgehead atoms. The lowest BCUT2D eigenvalue weighted by Crippen LogP contribution is -2.33. The molecule has 2 heteroatoms. The molecule has 1 aromatic carbocycles. The van der Waals surface area contributed by atoms with Crippen molar-refractivity contribution in [2.24, 2.45) is 5.41 Å². The lowest BCUT2D eigenvalue weighted by atomic mass is 9.89. The monoisotopic (exact) mass is 247 g/mol. The molecule has 18 heavy (non-hydrogen) atoms. The maximum Gasteiger partial charge on any atom is 0.122 e. The predicted molar refractivity (Wildman–Crippen MR) is 76.2 cm³/mol. The van der Waals surface area contributed by atoms with Crippen LogP contribution in [0, 0.1) is 5.41 Å². The van der Waals surface area contributed by atoms with E-state index in [1.54, 1.807) is 0 Å². The molecule has 0 aliphatic carbocycles. The minimum atomic E-state index is 0.394. The molecule has 1 aliphatic heterocycles. The Morgan fingerprint density at radius 3 is 2.89 bits per heavy atom. The highest BCUT2D eigenvalue weighted by molar-refractivity contribution is 5.37. The van der Waals surface area contributed by atoms with Gasteiger partial charge in [0.05, 0.1) is 6.61 Å². The summed E-state index contributed by atoms with van der Waals surface area (Å²) in [5.41, 5.74) is 1.76. The molecule has 0 saturated carbocycles. The van der Waals surface area contributed by atoms with E-state index in [2.05, 4.69) is 50.4 Å². The standard InChI is InChI=1S/C16H25NO/c1-4-16(2,3)12-17-11-13-9-10-18-15-8-6-5-7-14(13)15/h5-8,13,17H,4,9-12H2,1-3H3. The van der Waals surface area contributed by atoms with E-state index < -0.39 is 0 Å². The molecular weight excluding hydrogens is 222 g/mol. The molecule has 1 atom stereocenters. The predicted octanol–water partition coefficient (Wildman–Crippen LogP) is 3.58. The number of hydrogen-bond donors (Lipinski definition) is 1. The van der Waals surface area contributed by atoms with E-state index in [-0.39, 0.29) is 0 Å². The molecule has 2 rings (SSSR count). The van der Waals surface area contributed by atoms with Crippen LogP contribution in [0.5, 0.6) is 5.75 Å². The van der Waals surface area contributed by atoms with Gasteiger partial charge < -0.3 is 10.1 Å². The van der Waals surface area contributed by atoms with Crippen LogP contribution in [0.25, 0.3) is 0 Å². The van der Waals surface area contributed by atoms with E-state index >= 15 is 0 Å². The van der Waals surface area contributed by atoms with E-state index in [1.165, 1.54) is 12.0 Å². The van der Waals surface area contributed by atoms with Crippen molar-refractivity contribution >= 4 is 0 Å². The first-order chi connectivity index (χ1) is 8.62. The molecule has 1 aliphatic rings. The Bertz CT molecular complexity index is 386. The van der Waals surface area contributed by atoms with Crippen molar-refractivity contribution in [3.05, 3.63) is 29.8 Å². The zero-order chi connectivity index (χ0) is 13.0. The lowest BCUT2D eigenvalue weighted by molar-refractivity contribution is 0.258. The number of hydrogen-bond acceptors (Lipinski definition) is 2. The van der Waals surface area contributed by atoms with Crippen LogP contribution in [0.4, 0.5) is 0 Å². The zero-order valence-corrected chi connectivity index (χ0v) is 11.8. The smallest absolute Gasteiger partial charge is 0.122 e. The molecule has 1 aromatic rings. The van der Waals surface area contributed by atoms with Crippen molar-refractivity contribution in [3.8, 4) is 5.75 Å². The lowest BCUT2D eigenvalue weighted by Gasteiger charge is -2.28. The highest BCUT2D eigenvalue weighted by Crippen LogP contribution is 2.32. The van der Waals surface area contributed by atoms with Crippen LogP contribution in [-0.2, 0) is 0 Å². The fraction of sp³-hybridized carbons (Fsp3) is 0.625. The van der Waals surface area contributed by atoms with Gasteiger partial charge in [-0.15, -0.1) is 0 Å². The number of benzene rings is 1. The third-order valence-electron chi connectivity index (χ3n) is 4.03. The van der Waals surface area contributed by atoms with Gasteiger partial charge in [-0.05, 0) is 29.9 Å². The highest BCUT2D eigenvalue weighted by Gasteiger charge is 2.21. The van der Waals surface area contributed by atoms with Crippen LogP contribution >= 0.6 is 0 Å². The number of ether oxygens (including phenoxy) is 1. The quantitative estimate of drug-likeness (QED) is 0.858. The molecule has 0 spiro atoms. The zero-order valence-electron chi connectivity index (χ0n) is 11.8. The highest BCUT2D eigenvalue weighted by atomic mass is 16.5. The Balaban J connectivity index is 1.92. The van der Waals surface area contributed by atoms with Gasteiger partial charge in [0.2, 0.25) is 0 Å². The van der Waals surface area contributed by atoms with Crippen LogP contribution in [0.2, 0.25) is 0 Å². The average molecular weight is 247 g/mol. The van der Waals surface area contributed by atoms with E-state index in [4.69, 9.17) is 4.74 Å². The van der Waals surface area contributed by atoms with Crippen molar-refractivity contribution in [2.45, 2.75) is 39.5 Å². The van der Waals surface area contributed by atoms with Crippen LogP contribution in [0.1, 0.15) is 45.1 Å². The normalized spacial score (nSPS) is 19.2. The van der Waals surface area contributed by atoms with E-state index in [1.807, 2.05) is 0 Å². The van der Waals surface area contributed by atoms with Crippen LogP contribution in [0.15, 0.2) is 24.3 Å². The van der Waals surface area contributed by atoms with Crippen LogP contribution < -0.4 is 10.1 Å². The maximum atomic E-state index is 5.69. The number of nitrogens with one attached hydrogen (secondary N) is 1. The number of rotatable bonds is 5. The second-order valence-corrected chi connectivity index (χ2v) is 6.02. The van der Waals surface area contributed by atoms with Gasteiger partial charge in [0, 0.05) is 19.0 Å². The Labute approximate surface area is 111 Å². The summed E-state index contributed by atoms with van der Waals surface area (Å²) in [6.45, 7) is 9.88. The van der Waals surface area contributed by atoms with Crippen molar-refractivity contribution in [1.29, 1.82) is 0 Å². The van der Waals surface area contributed by atoms with Gasteiger partial charge >= 0.3 is 0 Å². The second-order valence-electron chi connectivity index (χ2n) is 6.02. The van der Waals surface area contributed by atoms with Gasteiger partial charge in [0.15, 0.2) is 0 Å². The first-order valence-electron chi connectivity index (χ1n) is 7.05. The SMILES string of the molecule is CCC(C)(C)CNCC1CCOc2ccccc21. The van der Waals surface area contributed by atoms with Crippen molar-refractivity contribution in [3.63, 3.8) is 0 Å². The maximum absolute atomic E-state index is 5.69. The summed E-state index contributed by atoms with van der Waals surface area (Å²) in [5, 5.41) is 3.63. The number of fused-ring (bicyclic) bond motifs is 1. The van der Waals surface area contributed by atoms with Gasteiger partial charge in [0.25, 0.3) is 0 Å². The Hall–Kier alpha value is -1.02. The second kappa shape index (κ2) is 5.75. The molecule has 1 unspecified atom stereocenters. The Morgan fingerprint density at radius 2 is 2.11 bits per heavy atom. The molecule has 0 saturated heterocycles. The third-order valence-corrected chi connectivity index (χ3v) is 4.03. The topological polar surface area (TPSA) is 21.3 Å². The van der Waals surface area contributed by atoms with E-state index in [0.717, 1.165) is 31.9 Å². The van der Waals surface area contributed by atoms with Gasteiger partial charge in [-0.25, -0.2) is 0 Å². The number of para-hydroxylation sites is 1. The molecule has 0 fully saturated rings. The van der Waals surface area contributed by atoms with Crippen molar-refractivity contribution in [2.75, 3.05) is 19.7 Å². The average Bonchev–Trinajstić information content (AvgIpc) is 2.39. The summed E-state index contributed by atoms with van der Waals surface area (Å²) < 4.78 is 5.69. The third kappa shape index (κ3) is 3.26. The summed E-state index contributed by atoms with van der Waals surface area (Å²) in [5.74, 6) is 1.67. The Morgan fingerprint density at radius 1 is 1.33 bits per heavy atom. The summed E-state index contributed by atoms with van der Waals surface area (Å²) >= 11 is 0. The van der Waals surface area contributed by atoms with Gasteiger partial charge in [-0.2, -0.15) is 0 Å². The largest absolute Gasteiger partial charge is 0.493 e. The fourth-order valence-electron chi connectivity index (χ4n) is 2.34. The van der Waals surface area contributed by atoms with Gasteiger partial charge in [-0.3, -0.25) is 0 Å². The van der Waals surface area contributed by atoms with Gasteiger partial charge in [-0.1, -0.05) is 39.0 Å². The molecule has 100 valence electrons. The minimum Gasteiger partial charge on any atom is -0.493 e. The first-order valence-corrected chi connectivity index (χ1v) is 7.05. The summed E-state index contributed by atoms with van der Waals surface area (Å²) in [7, 11) is 0. The molecule has 0 aromatic heterocycles. The molecule has 0 radical (unpaired) electrons. The minimum absolute atomic E-state index is 0.394. The molecule has 1 heterocycles. The Kier molecular flexibility index (Phi) is 4.28. The van der Waals surface area contributed by atoms with Gasteiger partial charge in [0.1, 0.15) is 5.75 Å². The van der Waals surface area contributed by atoms with Crippen molar-refractivity contribution in [1.82, 2.24) is 5.32 Å². The summed E-state index contributed by atoms with van der Waals surface area (Å²) in [6.07, 6.45) is 2.33.